The number of para-hydroxylation sites is 1. The number of hydrogen-bond acceptors (Lipinski definition) is 4. The van der Waals surface area contributed by atoms with Crippen LogP contribution in [0.25, 0.3) is 0 Å². The molecule has 1 atom stereocenters. The van der Waals surface area contributed by atoms with Crippen LogP contribution >= 0.6 is 0 Å². The van der Waals surface area contributed by atoms with E-state index in [0.29, 0.717) is 26.2 Å². The van der Waals surface area contributed by atoms with E-state index in [-0.39, 0.29) is 5.91 Å². The average Bonchev–Trinajstić information content (AvgIpc) is 3.18. The maximum Gasteiger partial charge on any atom is 0.292 e. The monoisotopic (exact) mass is 310 g/mol. The molecule has 118 valence electrons. The molecule has 0 saturated carbocycles. The molecule has 1 aliphatic carbocycles. The average molecular weight is 310 g/mol. The first-order valence-electron chi connectivity index (χ1n) is 7.96. The number of fused-ring (bicyclic) bond motifs is 2. The van der Waals surface area contributed by atoms with Gasteiger partial charge in [-0.2, -0.15) is 5.26 Å². The van der Waals surface area contributed by atoms with Crippen molar-refractivity contribution in [3.05, 3.63) is 42.0 Å². The van der Waals surface area contributed by atoms with Gasteiger partial charge < -0.3 is 14.4 Å². The molecule has 1 fully saturated rings. The Labute approximate surface area is 135 Å². The molecular formula is C18H18N2O3. The number of allylic oxidation sites excluding steroid dienone is 2. The summed E-state index contributed by atoms with van der Waals surface area (Å²) < 4.78 is 11.4. The van der Waals surface area contributed by atoms with Crippen LogP contribution < -0.4 is 4.90 Å². The van der Waals surface area contributed by atoms with E-state index in [1.54, 1.807) is 4.90 Å². The summed E-state index contributed by atoms with van der Waals surface area (Å²) in [6.07, 6.45) is 6.44. The van der Waals surface area contributed by atoms with Gasteiger partial charge in [-0.05, 0) is 25.3 Å². The highest BCUT2D eigenvalue weighted by molar-refractivity contribution is 6.06. The van der Waals surface area contributed by atoms with E-state index in [4.69, 9.17) is 9.47 Å². The van der Waals surface area contributed by atoms with E-state index in [1.165, 1.54) is 0 Å². The smallest absolute Gasteiger partial charge is 0.292 e. The predicted octanol–water partition coefficient (Wildman–Crippen LogP) is 2.48. The second-order valence-corrected chi connectivity index (χ2v) is 6.33. The molecule has 1 spiro atoms. The number of hydrogen-bond donors (Lipinski definition) is 0. The summed E-state index contributed by atoms with van der Waals surface area (Å²) in [4.78, 5) is 14.8. The van der Waals surface area contributed by atoms with Crippen molar-refractivity contribution < 1.29 is 14.3 Å². The largest absolute Gasteiger partial charge is 0.336 e. The third-order valence-corrected chi connectivity index (χ3v) is 4.93. The molecule has 3 aliphatic rings. The summed E-state index contributed by atoms with van der Waals surface area (Å²) in [6, 6.07) is 10.00. The topological polar surface area (TPSA) is 62.6 Å². The fraction of sp³-hybridized carbons (Fsp3) is 0.444. The zero-order valence-corrected chi connectivity index (χ0v) is 12.8. The lowest BCUT2D eigenvalue weighted by atomic mass is 9.78. The maximum atomic E-state index is 13.1. The Balaban J connectivity index is 1.74. The summed E-state index contributed by atoms with van der Waals surface area (Å²) in [5.74, 6) is -1.52. The fourth-order valence-electron chi connectivity index (χ4n) is 3.71. The van der Waals surface area contributed by atoms with Crippen LogP contribution in [0.2, 0.25) is 0 Å². The molecule has 1 aromatic carbocycles. The number of rotatable bonds is 2. The molecule has 0 unspecified atom stereocenters. The molecule has 5 nitrogen and oxygen atoms in total. The van der Waals surface area contributed by atoms with Gasteiger partial charge in [0.2, 0.25) is 0 Å². The molecule has 0 bridgehead atoms. The quantitative estimate of drug-likeness (QED) is 0.787. The van der Waals surface area contributed by atoms with Gasteiger partial charge in [0.15, 0.2) is 0 Å². The standard InChI is InChI=1S/C18H18N2O3/c19-12-17(8-4-1-5-9-17)13-20-15-7-3-2-6-14(15)18(16(20)21)22-10-11-23-18/h1-4,6-7H,5,8-11,13H2/t17-/m0/s1. The van der Waals surface area contributed by atoms with Crippen LogP contribution in [-0.2, 0) is 20.1 Å². The third-order valence-electron chi connectivity index (χ3n) is 4.93. The zero-order valence-electron chi connectivity index (χ0n) is 12.8. The number of nitriles is 1. The van der Waals surface area contributed by atoms with Crippen molar-refractivity contribution in [2.45, 2.75) is 25.0 Å². The molecule has 2 heterocycles. The molecule has 0 aromatic heterocycles. The number of benzene rings is 1. The van der Waals surface area contributed by atoms with Crippen LogP contribution in [-0.4, -0.2) is 25.7 Å². The van der Waals surface area contributed by atoms with E-state index < -0.39 is 11.2 Å². The number of nitrogens with zero attached hydrogens (tertiary/aromatic N) is 2. The van der Waals surface area contributed by atoms with Gasteiger partial charge in [0, 0.05) is 12.1 Å². The Bertz CT molecular complexity index is 715. The first-order chi connectivity index (χ1) is 11.2. The van der Waals surface area contributed by atoms with Gasteiger partial charge in [0.05, 0.1) is 30.4 Å². The van der Waals surface area contributed by atoms with Crippen molar-refractivity contribution >= 4 is 11.6 Å². The van der Waals surface area contributed by atoms with E-state index in [1.807, 2.05) is 30.3 Å². The lowest BCUT2D eigenvalue weighted by Crippen LogP contribution is -2.45. The van der Waals surface area contributed by atoms with Gasteiger partial charge in [-0.25, -0.2) is 0 Å². The Hall–Kier alpha value is -2.16. The number of anilines is 1. The predicted molar refractivity (Wildman–Crippen MR) is 83.4 cm³/mol. The second-order valence-electron chi connectivity index (χ2n) is 6.33. The molecule has 0 radical (unpaired) electrons. The number of ether oxygens (including phenoxy) is 2. The lowest BCUT2D eigenvalue weighted by molar-refractivity contribution is -0.180. The summed E-state index contributed by atoms with van der Waals surface area (Å²) in [5, 5.41) is 9.71. The number of carbonyl (C=O) groups is 1. The van der Waals surface area contributed by atoms with Crippen molar-refractivity contribution in [3.63, 3.8) is 0 Å². The van der Waals surface area contributed by atoms with Crippen LogP contribution in [0.1, 0.15) is 24.8 Å². The Morgan fingerprint density at radius 3 is 2.70 bits per heavy atom. The molecular weight excluding hydrogens is 292 g/mol. The molecule has 2 aliphatic heterocycles. The van der Waals surface area contributed by atoms with Crippen LogP contribution in [0.15, 0.2) is 36.4 Å². The van der Waals surface area contributed by atoms with Gasteiger partial charge in [-0.3, -0.25) is 4.79 Å². The third kappa shape index (κ3) is 2.03. The van der Waals surface area contributed by atoms with Crippen molar-refractivity contribution in [3.8, 4) is 6.07 Å². The molecule has 1 amide bonds. The molecule has 5 heteroatoms. The van der Waals surface area contributed by atoms with E-state index >= 15 is 0 Å². The first-order valence-corrected chi connectivity index (χ1v) is 7.96. The van der Waals surface area contributed by atoms with Crippen LogP contribution in [0.4, 0.5) is 5.69 Å². The highest BCUT2D eigenvalue weighted by atomic mass is 16.7. The van der Waals surface area contributed by atoms with Crippen LogP contribution in [0.5, 0.6) is 0 Å². The minimum Gasteiger partial charge on any atom is -0.336 e. The second kappa shape index (κ2) is 5.19. The summed E-state index contributed by atoms with van der Waals surface area (Å²) in [7, 11) is 0. The number of amides is 1. The summed E-state index contributed by atoms with van der Waals surface area (Å²) in [6.45, 7) is 1.18. The minimum absolute atomic E-state index is 0.208. The number of carbonyl (C=O) groups excluding carboxylic acids is 1. The summed E-state index contributed by atoms with van der Waals surface area (Å²) >= 11 is 0. The first kappa shape index (κ1) is 14.4. The normalized spacial score (nSPS) is 28.1. The van der Waals surface area contributed by atoms with Gasteiger partial charge >= 0.3 is 0 Å². The van der Waals surface area contributed by atoms with Crippen molar-refractivity contribution in [2.24, 2.45) is 5.41 Å². The van der Waals surface area contributed by atoms with Crippen LogP contribution in [0.3, 0.4) is 0 Å². The summed E-state index contributed by atoms with van der Waals surface area (Å²) in [5.41, 5.74) is 1.01. The Morgan fingerprint density at radius 1 is 1.22 bits per heavy atom. The Kier molecular flexibility index (Phi) is 3.26. The Morgan fingerprint density at radius 2 is 2.00 bits per heavy atom. The fourth-order valence-corrected chi connectivity index (χ4v) is 3.71. The van der Waals surface area contributed by atoms with Gasteiger partial charge in [0.1, 0.15) is 0 Å². The van der Waals surface area contributed by atoms with Crippen LogP contribution in [0, 0.1) is 16.7 Å². The minimum atomic E-state index is -1.31. The maximum absolute atomic E-state index is 13.1. The molecule has 4 rings (SSSR count). The zero-order chi connectivity index (χ0) is 15.9. The van der Waals surface area contributed by atoms with E-state index in [2.05, 4.69) is 12.1 Å². The van der Waals surface area contributed by atoms with Crippen molar-refractivity contribution in [1.29, 1.82) is 5.26 Å². The molecule has 23 heavy (non-hydrogen) atoms. The SMILES string of the molecule is N#C[C@]1(CN2C(=O)C3(OCCO3)c3ccccc32)CC=CCC1. The molecule has 1 aromatic rings. The lowest BCUT2D eigenvalue weighted by Gasteiger charge is -2.32. The van der Waals surface area contributed by atoms with Crippen molar-refractivity contribution in [2.75, 3.05) is 24.7 Å². The van der Waals surface area contributed by atoms with Gasteiger partial charge in [0.25, 0.3) is 11.7 Å². The van der Waals surface area contributed by atoms with E-state index in [9.17, 15) is 10.1 Å². The van der Waals surface area contributed by atoms with Crippen molar-refractivity contribution in [1.82, 2.24) is 0 Å². The highest BCUT2D eigenvalue weighted by Gasteiger charge is 2.57. The molecule has 1 saturated heterocycles. The van der Waals surface area contributed by atoms with E-state index in [0.717, 1.165) is 24.1 Å². The van der Waals surface area contributed by atoms with Gasteiger partial charge in [-0.15, -0.1) is 0 Å². The molecule has 0 N–H and O–H groups in total. The van der Waals surface area contributed by atoms with Gasteiger partial charge in [-0.1, -0.05) is 30.4 Å². The highest BCUT2D eigenvalue weighted by Crippen LogP contribution is 2.47.